The van der Waals surface area contributed by atoms with Crippen molar-refractivity contribution in [3.8, 4) is 0 Å². The Morgan fingerprint density at radius 2 is 1.40 bits per heavy atom. The number of thiocarbonyl (C=S) groups is 1. The second kappa shape index (κ2) is 7.19. The monoisotopic (exact) mass is 430 g/mol. The summed E-state index contributed by atoms with van der Waals surface area (Å²) in [4.78, 5) is 6.26. The van der Waals surface area contributed by atoms with Gasteiger partial charge >= 0.3 is 0 Å². The average molecular weight is 431 g/mol. The van der Waals surface area contributed by atoms with E-state index in [4.69, 9.17) is 23.8 Å². The molecule has 0 N–H and O–H groups in total. The summed E-state index contributed by atoms with van der Waals surface area (Å²) in [5, 5.41) is 0.770. The number of hydrogen-bond acceptors (Lipinski definition) is 2. The minimum absolute atomic E-state index is 0.153. The topological polar surface area (TPSA) is 6.48 Å². The standard InChI is InChI=1S/C26H23ClN2S/c27-20-11-9-19(10-12-20)23-24-21-7-3-1-5-17(21)13-15-28(24)25-22-8-4-2-6-18(22)14-16-29(25)26(23)30/h1-12,23-25H,13-16H2/t23-,24-,25-/m0/s1. The van der Waals surface area contributed by atoms with Crippen molar-refractivity contribution in [1.29, 1.82) is 0 Å². The first kappa shape index (κ1) is 18.6. The van der Waals surface area contributed by atoms with Gasteiger partial charge in [-0.3, -0.25) is 4.90 Å². The van der Waals surface area contributed by atoms with Gasteiger partial charge in [0, 0.05) is 18.1 Å². The Hall–Kier alpha value is -2.20. The Bertz CT molecular complexity index is 1130. The van der Waals surface area contributed by atoms with Crippen molar-refractivity contribution in [3.63, 3.8) is 0 Å². The molecule has 0 unspecified atom stereocenters. The fourth-order valence-electron chi connectivity index (χ4n) is 5.71. The first-order chi connectivity index (χ1) is 14.7. The van der Waals surface area contributed by atoms with E-state index < -0.39 is 0 Å². The molecule has 1 fully saturated rings. The Labute approximate surface area is 188 Å². The molecule has 30 heavy (non-hydrogen) atoms. The highest BCUT2D eigenvalue weighted by atomic mass is 35.5. The Kier molecular flexibility index (Phi) is 4.45. The molecule has 0 bridgehead atoms. The summed E-state index contributed by atoms with van der Waals surface area (Å²) in [5.74, 6) is 0.153. The molecule has 1 saturated heterocycles. The summed E-state index contributed by atoms with van der Waals surface area (Å²) in [6, 6.07) is 26.4. The van der Waals surface area contributed by atoms with Crippen LogP contribution in [-0.2, 0) is 12.8 Å². The third-order valence-electron chi connectivity index (χ3n) is 7.03. The fraction of sp³-hybridized carbons (Fsp3) is 0.269. The van der Waals surface area contributed by atoms with Crippen LogP contribution < -0.4 is 0 Å². The molecular formula is C26H23ClN2S. The van der Waals surface area contributed by atoms with Crippen LogP contribution in [-0.4, -0.2) is 27.9 Å². The van der Waals surface area contributed by atoms with Gasteiger partial charge < -0.3 is 4.90 Å². The number of halogens is 1. The van der Waals surface area contributed by atoms with Crippen LogP contribution in [0.2, 0.25) is 5.02 Å². The predicted octanol–water partition coefficient (Wildman–Crippen LogP) is 5.92. The number of nitrogens with zero attached hydrogens (tertiary/aromatic N) is 2. The molecule has 3 aliphatic rings. The van der Waals surface area contributed by atoms with Crippen molar-refractivity contribution in [2.24, 2.45) is 0 Å². The maximum atomic E-state index is 6.23. The molecular weight excluding hydrogens is 408 g/mol. The molecule has 3 heterocycles. The second-order valence-electron chi connectivity index (χ2n) is 8.51. The smallest absolute Gasteiger partial charge is 0.109 e. The lowest BCUT2D eigenvalue weighted by Crippen LogP contribution is -2.58. The molecule has 3 aromatic rings. The molecule has 0 amide bonds. The highest BCUT2D eigenvalue weighted by molar-refractivity contribution is 7.80. The van der Waals surface area contributed by atoms with Crippen molar-refractivity contribution >= 4 is 28.8 Å². The maximum absolute atomic E-state index is 6.23. The molecule has 3 atom stereocenters. The van der Waals surface area contributed by atoms with E-state index in [0.717, 1.165) is 35.9 Å². The highest BCUT2D eigenvalue weighted by Gasteiger charge is 2.49. The normalized spacial score (nSPS) is 25.2. The molecule has 0 aromatic heterocycles. The van der Waals surface area contributed by atoms with Gasteiger partial charge in [0.25, 0.3) is 0 Å². The van der Waals surface area contributed by atoms with E-state index in [1.54, 1.807) is 0 Å². The van der Waals surface area contributed by atoms with E-state index in [1.807, 2.05) is 12.1 Å². The molecule has 6 rings (SSSR count). The Morgan fingerprint density at radius 1 is 0.767 bits per heavy atom. The van der Waals surface area contributed by atoms with Crippen LogP contribution in [0.15, 0.2) is 72.8 Å². The minimum atomic E-state index is 0.153. The quantitative estimate of drug-likeness (QED) is 0.442. The van der Waals surface area contributed by atoms with E-state index in [2.05, 4.69) is 70.5 Å². The molecule has 0 radical (unpaired) electrons. The molecule has 3 aromatic carbocycles. The summed E-state index contributed by atoms with van der Waals surface area (Å²) in [6.07, 6.45) is 2.36. The molecule has 0 saturated carbocycles. The van der Waals surface area contributed by atoms with Crippen LogP contribution in [0.4, 0.5) is 0 Å². The van der Waals surface area contributed by atoms with Crippen molar-refractivity contribution in [1.82, 2.24) is 9.80 Å². The molecule has 150 valence electrons. The second-order valence-corrected chi connectivity index (χ2v) is 9.37. The van der Waals surface area contributed by atoms with Gasteiger partial charge in [-0.15, -0.1) is 0 Å². The first-order valence-electron chi connectivity index (χ1n) is 10.7. The zero-order valence-corrected chi connectivity index (χ0v) is 18.2. The van der Waals surface area contributed by atoms with Gasteiger partial charge in [-0.25, -0.2) is 0 Å². The lowest BCUT2D eigenvalue weighted by atomic mass is 9.77. The summed E-state index contributed by atoms with van der Waals surface area (Å²) in [5.41, 5.74) is 7.02. The fourth-order valence-corrected chi connectivity index (χ4v) is 6.29. The van der Waals surface area contributed by atoms with Gasteiger partial charge in [-0.2, -0.15) is 0 Å². The van der Waals surface area contributed by atoms with Gasteiger partial charge in [-0.1, -0.05) is 84.5 Å². The Morgan fingerprint density at radius 3 is 2.17 bits per heavy atom. The highest BCUT2D eigenvalue weighted by Crippen LogP contribution is 2.52. The van der Waals surface area contributed by atoms with Crippen LogP contribution in [0, 0.1) is 0 Å². The van der Waals surface area contributed by atoms with E-state index in [-0.39, 0.29) is 18.1 Å². The van der Waals surface area contributed by atoms with Gasteiger partial charge in [0.1, 0.15) is 6.17 Å². The van der Waals surface area contributed by atoms with Crippen molar-refractivity contribution in [2.75, 3.05) is 13.1 Å². The maximum Gasteiger partial charge on any atom is 0.109 e. The summed E-state index contributed by atoms with van der Waals surface area (Å²) < 4.78 is 0. The van der Waals surface area contributed by atoms with Crippen LogP contribution in [0.1, 0.15) is 45.9 Å². The molecule has 3 aliphatic heterocycles. The largest absolute Gasteiger partial charge is 0.345 e. The molecule has 2 nitrogen and oxygen atoms in total. The van der Waals surface area contributed by atoms with Crippen LogP contribution in [0.5, 0.6) is 0 Å². The van der Waals surface area contributed by atoms with Crippen LogP contribution in [0.3, 0.4) is 0 Å². The average Bonchev–Trinajstić information content (AvgIpc) is 2.79. The Balaban J connectivity index is 1.55. The third-order valence-corrected chi connectivity index (χ3v) is 7.77. The van der Waals surface area contributed by atoms with Crippen molar-refractivity contribution in [2.45, 2.75) is 31.0 Å². The minimum Gasteiger partial charge on any atom is -0.345 e. The molecule has 0 spiro atoms. The summed E-state index contributed by atoms with van der Waals surface area (Å²) in [6.45, 7) is 2.03. The SMILES string of the molecule is S=C1[C@@H](c2ccc(Cl)cc2)[C@@H]2c3ccccc3CCN2[C@@H]2c3ccccc3CCN12. The number of benzene rings is 3. The number of hydrogen-bond donors (Lipinski definition) is 0. The number of rotatable bonds is 1. The predicted molar refractivity (Wildman–Crippen MR) is 126 cm³/mol. The zero-order valence-electron chi connectivity index (χ0n) is 16.7. The van der Waals surface area contributed by atoms with Gasteiger partial charge in [0.2, 0.25) is 0 Å². The zero-order chi connectivity index (χ0) is 20.2. The van der Waals surface area contributed by atoms with E-state index in [9.17, 15) is 0 Å². The molecule has 4 heteroatoms. The summed E-state index contributed by atoms with van der Waals surface area (Å²) >= 11 is 12.5. The van der Waals surface area contributed by atoms with Gasteiger partial charge in [-0.05, 0) is 52.8 Å². The third kappa shape index (κ3) is 2.76. The van der Waals surface area contributed by atoms with Crippen LogP contribution >= 0.6 is 23.8 Å². The lowest BCUT2D eigenvalue weighted by molar-refractivity contribution is 0.00638. The van der Waals surface area contributed by atoms with Gasteiger partial charge in [0.05, 0.1) is 16.9 Å². The van der Waals surface area contributed by atoms with E-state index >= 15 is 0 Å². The first-order valence-corrected chi connectivity index (χ1v) is 11.5. The van der Waals surface area contributed by atoms with Crippen molar-refractivity contribution < 1.29 is 0 Å². The van der Waals surface area contributed by atoms with E-state index in [1.165, 1.54) is 27.8 Å². The van der Waals surface area contributed by atoms with Crippen LogP contribution in [0.25, 0.3) is 0 Å². The van der Waals surface area contributed by atoms with Crippen molar-refractivity contribution in [3.05, 3.63) is 106 Å². The van der Waals surface area contributed by atoms with Gasteiger partial charge in [0.15, 0.2) is 0 Å². The summed E-state index contributed by atoms with van der Waals surface area (Å²) in [7, 11) is 0. The number of fused-ring (bicyclic) bond motifs is 7. The lowest BCUT2D eigenvalue weighted by Gasteiger charge is -2.57. The molecule has 0 aliphatic carbocycles. The van der Waals surface area contributed by atoms with E-state index in [0.29, 0.717) is 0 Å².